The van der Waals surface area contributed by atoms with Crippen molar-refractivity contribution in [2.45, 2.75) is 37.9 Å². The van der Waals surface area contributed by atoms with E-state index in [1.807, 2.05) is 23.1 Å². The van der Waals surface area contributed by atoms with Crippen LogP contribution in [0.15, 0.2) is 30.3 Å². The van der Waals surface area contributed by atoms with E-state index in [0.717, 1.165) is 45.3 Å². The number of ether oxygens (including phenoxy) is 2. The van der Waals surface area contributed by atoms with Gasteiger partial charge in [0.05, 0.1) is 13.2 Å². The quantitative estimate of drug-likeness (QED) is 0.868. The number of likely N-dealkylation sites (tertiary alicyclic amines) is 1. The number of hydrogen-bond acceptors (Lipinski definition) is 3. The van der Waals surface area contributed by atoms with Gasteiger partial charge in [-0.2, -0.15) is 0 Å². The molecule has 5 nitrogen and oxygen atoms in total. The molecule has 1 aromatic carbocycles. The zero-order chi connectivity index (χ0) is 16.0. The first-order valence-corrected chi connectivity index (χ1v) is 8.62. The maximum Gasteiger partial charge on any atom is 0.317 e. The highest BCUT2D eigenvalue weighted by atomic mass is 16.7. The van der Waals surface area contributed by atoms with Crippen LogP contribution in [0.25, 0.3) is 0 Å². The van der Waals surface area contributed by atoms with Crippen LogP contribution in [0.5, 0.6) is 0 Å². The van der Waals surface area contributed by atoms with E-state index in [1.54, 1.807) is 0 Å². The van der Waals surface area contributed by atoms with Crippen molar-refractivity contribution in [1.82, 2.24) is 10.2 Å². The van der Waals surface area contributed by atoms with E-state index in [1.165, 1.54) is 5.56 Å². The number of carbonyl (C=O) groups excluding carboxylic acids is 1. The SMILES string of the molecule is O=C(NCCCc1ccccc1)N1CCC2(CC1)OCCCO2. The van der Waals surface area contributed by atoms with Crippen LogP contribution in [0.3, 0.4) is 0 Å². The second kappa shape index (κ2) is 7.79. The summed E-state index contributed by atoms with van der Waals surface area (Å²) >= 11 is 0. The molecule has 0 saturated carbocycles. The summed E-state index contributed by atoms with van der Waals surface area (Å²) in [6.07, 6.45) is 4.45. The first-order valence-electron chi connectivity index (χ1n) is 8.62. The second-order valence-corrected chi connectivity index (χ2v) is 6.27. The zero-order valence-corrected chi connectivity index (χ0v) is 13.6. The van der Waals surface area contributed by atoms with Gasteiger partial charge in [0.25, 0.3) is 0 Å². The molecule has 0 atom stereocenters. The number of hydrogen-bond donors (Lipinski definition) is 1. The second-order valence-electron chi connectivity index (χ2n) is 6.27. The van der Waals surface area contributed by atoms with Crippen molar-refractivity contribution in [2.24, 2.45) is 0 Å². The lowest BCUT2D eigenvalue weighted by Crippen LogP contribution is -2.53. The van der Waals surface area contributed by atoms with Gasteiger partial charge in [0.2, 0.25) is 0 Å². The Morgan fingerprint density at radius 2 is 1.83 bits per heavy atom. The summed E-state index contributed by atoms with van der Waals surface area (Å²) in [5.74, 6) is -0.428. The maximum atomic E-state index is 12.2. The molecule has 0 bridgehead atoms. The van der Waals surface area contributed by atoms with Gasteiger partial charge < -0.3 is 19.7 Å². The normalized spacial score (nSPS) is 20.4. The number of urea groups is 1. The van der Waals surface area contributed by atoms with Gasteiger partial charge in [-0.3, -0.25) is 0 Å². The van der Waals surface area contributed by atoms with Crippen molar-refractivity contribution in [2.75, 3.05) is 32.8 Å². The van der Waals surface area contributed by atoms with Gasteiger partial charge in [0.1, 0.15) is 0 Å². The average molecular weight is 318 g/mol. The van der Waals surface area contributed by atoms with Gasteiger partial charge in [-0.05, 0) is 24.8 Å². The van der Waals surface area contributed by atoms with Gasteiger partial charge in [0, 0.05) is 32.5 Å². The summed E-state index contributed by atoms with van der Waals surface area (Å²) in [5.41, 5.74) is 1.31. The summed E-state index contributed by atoms with van der Waals surface area (Å²) in [7, 11) is 0. The van der Waals surface area contributed by atoms with Crippen molar-refractivity contribution in [3.8, 4) is 0 Å². The number of aryl methyl sites for hydroxylation is 1. The molecule has 1 N–H and O–H groups in total. The molecule has 0 radical (unpaired) electrons. The molecular weight excluding hydrogens is 292 g/mol. The number of amides is 2. The molecule has 2 amide bonds. The predicted octanol–water partition coefficient (Wildman–Crippen LogP) is 2.56. The molecular formula is C18H26N2O3. The number of carbonyl (C=O) groups is 1. The Balaban J connectivity index is 1.35. The summed E-state index contributed by atoms with van der Waals surface area (Å²) in [6.45, 7) is 3.65. The summed E-state index contributed by atoms with van der Waals surface area (Å²) < 4.78 is 11.6. The standard InChI is InChI=1S/C18H26N2O3/c21-17(19-11-4-8-16-6-2-1-3-7-16)20-12-9-18(10-13-20)22-14-5-15-23-18/h1-3,6-7H,4-5,8-15H2,(H,19,21). The largest absolute Gasteiger partial charge is 0.350 e. The van der Waals surface area contributed by atoms with E-state index >= 15 is 0 Å². The molecule has 0 aromatic heterocycles. The molecule has 2 aliphatic heterocycles. The fraction of sp³-hybridized carbons (Fsp3) is 0.611. The smallest absolute Gasteiger partial charge is 0.317 e. The minimum absolute atomic E-state index is 0.0312. The number of nitrogens with zero attached hydrogens (tertiary/aromatic N) is 1. The highest BCUT2D eigenvalue weighted by molar-refractivity contribution is 5.74. The first-order chi connectivity index (χ1) is 11.3. The van der Waals surface area contributed by atoms with E-state index in [0.29, 0.717) is 19.6 Å². The number of nitrogens with one attached hydrogen (secondary N) is 1. The molecule has 0 unspecified atom stereocenters. The monoisotopic (exact) mass is 318 g/mol. The van der Waals surface area contributed by atoms with Crippen molar-refractivity contribution in [3.63, 3.8) is 0 Å². The Hall–Kier alpha value is -1.59. The fourth-order valence-corrected chi connectivity index (χ4v) is 3.20. The Morgan fingerprint density at radius 3 is 2.52 bits per heavy atom. The summed E-state index contributed by atoms with van der Waals surface area (Å²) in [6, 6.07) is 10.4. The highest BCUT2D eigenvalue weighted by Gasteiger charge is 2.39. The van der Waals surface area contributed by atoms with Gasteiger partial charge in [-0.25, -0.2) is 4.79 Å². The Kier molecular flexibility index (Phi) is 5.51. The topological polar surface area (TPSA) is 50.8 Å². The van der Waals surface area contributed by atoms with Crippen LogP contribution in [0.4, 0.5) is 4.79 Å². The van der Waals surface area contributed by atoms with Crippen LogP contribution >= 0.6 is 0 Å². The maximum absolute atomic E-state index is 12.2. The molecule has 3 rings (SSSR count). The lowest BCUT2D eigenvalue weighted by atomic mass is 10.0. The van der Waals surface area contributed by atoms with Gasteiger partial charge in [-0.15, -0.1) is 0 Å². The molecule has 2 heterocycles. The van der Waals surface area contributed by atoms with Crippen LogP contribution in [0.2, 0.25) is 0 Å². The third-order valence-electron chi connectivity index (χ3n) is 4.59. The van der Waals surface area contributed by atoms with Gasteiger partial charge in [-0.1, -0.05) is 30.3 Å². The minimum Gasteiger partial charge on any atom is -0.350 e. The molecule has 126 valence electrons. The molecule has 1 aromatic rings. The average Bonchev–Trinajstić information content (AvgIpc) is 2.61. The van der Waals surface area contributed by atoms with Gasteiger partial charge in [0.15, 0.2) is 5.79 Å². The third-order valence-corrected chi connectivity index (χ3v) is 4.59. The van der Waals surface area contributed by atoms with Crippen LogP contribution in [0, 0.1) is 0 Å². The number of piperidine rings is 1. The van der Waals surface area contributed by atoms with E-state index in [9.17, 15) is 4.79 Å². The van der Waals surface area contributed by atoms with E-state index in [4.69, 9.17) is 9.47 Å². The van der Waals surface area contributed by atoms with Crippen LogP contribution in [-0.4, -0.2) is 49.6 Å². The van der Waals surface area contributed by atoms with Crippen LogP contribution < -0.4 is 5.32 Å². The molecule has 2 aliphatic rings. The Bertz CT molecular complexity index is 490. The van der Waals surface area contributed by atoms with Crippen molar-refractivity contribution < 1.29 is 14.3 Å². The summed E-state index contributed by atoms with van der Waals surface area (Å²) in [4.78, 5) is 14.1. The number of benzene rings is 1. The Morgan fingerprint density at radius 1 is 1.13 bits per heavy atom. The van der Waals surface area contributed by atoms with E-state index in [2.05, 4.69) is 17.4 Å². The minimum atomic E-state index is -0.428. The Labute approximate surface area is 137 Å². The van der Waals surface area contributed by atoms with Crippen molar-refractivity contribution >= 4 is 6.03 Å². The van der Waals surface area contributed by atoms with Crippen molar-refractivity contribution in [1.29, 1.82) is 0 Å². The molecule has 5 heteroatoms. The first kappa shape index (κ1) is 16.3. The molecule has 0 aliphatic carbocycles. The lowest BCUT2D eigenvalue weighted by molar-refractivity contribution is -0.281. The number of rotatable bonds is 4. The van der Waals surface area contributed by atoms with Gasteiger partial charge >= 0.3 is 6.03 Å². The van der Waals surface area contributed by atoms with Crippen LogP contribution in [-0.2, 0) is 15.9 Å². The van der Waals surface area contributed by atoms with Crippen LogP contribution in [0.1, 0.15) is 31.2 Å². The van der Waals surface area contributed by atoms with E-state index in [-0.39, 0.29) is 6.03 Å². The van der Waals surface area contributed by atoms with E-state index < -0.39 is 5.79 Å². The molecule has 2 fully saturated rings. The fourth-order valence-electron chi connectivity index (χ4n) is 3.20. The zero-order valence-electron chi connectivity index (χ0n) is 13.6. The molecule has 1 spiro atoms. The third kappa shape index (κ3) is 4.45. The molecule has 23 heavy (non-hydrogen) atoms. The lowest BCUT2D eigenvalue weighted by Gasteiger charge is -2.43. The summed E-state index contributed by atoms with van der Waals surface area (Å²) in [5, 5.41) is 3.02. The molecule has 2 saturated heterocycles. The van der Waals surface area contributed by atoms with Crippen molar-refractivity contribution in [3.05, 3.63) is 35.9 Å². The predicted molar refractivity (Wildman–Crippen MR) is 88.2 cm³/mol. The highest BCUT2D eigenvalue weighted by Crippen LogP contribution is 2.30.